The summed E-state index contributed by atoms with van der Waals surface area (Å²) < 4.78 is 17.0. The van der Waals surface area contributed by atoms with Gasteiger partial charge in [-0.15, -0.1) is 0 Å². The van der Waals surface area contributed by atoms with E-state index in [2.05, 4.69) is 31.4 Å². The molecule has 0 radical (unpaired) electrons. The predicted molar refractivity (Wildman–Crippen MR) is 91.3 cm³/mol. The van der Waals surface area contributed by atoms with Crippen LogP contribution < -0.4 is 14.8 Å². The van der Waals surface area contributed by atoms with Crippen LogP contribution in [0.2, 0.25) is 0 Å². The van der Waals surface area contributed by atoms with Crippen LogP contribution in [0.3, 0.4) is 0 Å². The number of carbonyl (C=O) groups is 1. The third kappa shape index (κ3) is 3.06. The van der Waals surface area contributed by atoms with Crippen LogP contribution in [-0.4, -0.2) is 36.4 Å². The van der Waals surface area contributed by atoms with Crippen molar-refractivity contribution in [2.45, 2.75) is 25.0 Å². The third-order valence-electron chi connectivity index (χ3n) is 4.07. The number of anilines is 1. The van der Waals surface area contributed by atoms with Crippen molar-refractivity contribution in [3.63, 3.8) is 0 Å². The maximum absolute atomic E-state index is 12.3. The van der Waals surface area contributed by atoms with Gasteiger partial charge in [0.25, 0.3) is 0 Å². The lowest BCUT2D eigenvalue weighted by atomic mass is 9.91. The number of halogens is 1. The van der Waals surface area contributed by atoms with Crippen molar-refractivity contribution in [1.82, 2.24) is 10.2 Å². The molecule has 24 heavy (non-hydrogen) atoms. The second-order valence-corrected chi connectivity index (χ2v) is 6.59. The smallest absolute Gasteiger partial charge is 0.329 e. The molecule has 2 unspecified atom stereocenters. The summed E-state index contributed by atoms with van der Waals surface area (Å²) in [5.74, 6) is 1.54. The van der Waals surface area contributed by atoms with E-state index in [0.717, 1.165) is 10.0 Å². The van der Waals surface area contributed by atoms with Crippen molar-refractivity contribution in [1.29, 1.82) is 0 Å². The quantitative estimate of drug-likeness (QED) is 0.757. The zero-order valence-electron chi connectivity index (χ0n) is 13.6. The summed E-state index contributed by atoms with van der Waals surface area (Å²) in [4.78, 5) is 12.3. The monoisotopic (exact) mass is 395 g/mol. The molecule has 2 atom stereocenters. The fraction of sp³-hybridized carbons (Fsp3) is 0.375. The minimum atomic E-state index is -0.778. The molecule has 7 nitrogen and oxygen atoms in total. The minimum Gasteiger partial charge on any atom is -0.497 e. The van der Waals surface area contributed by atoms with Gasteiger partial charge in [0.05, 0.1) is 18.7 Å². The number of rotatable bonds is 5. The Balaban J connectivity index is 1.86. The molecule has 128 valence electrons. The Labute approximate surface area is 147 Å². The van der Waals surface area contributed by atoms with Crippen LogP contribution >= 0.6 is 15.9 Å². The molecule has 0 spiro atoms. The molecule has 0 saturated carbocycles. The Hall–Kier alpha value is -2.22. The summed E-state index contributed by atoms with van der Waals surface area (Å²) in [5, 5.41) is 9.88. The number of aromatic amines is 1. The summed E-state index contributed by atoms with van der Waals surface area (Å²) in [7, 11) is 3.17. The Morgan fingerprint density at radius 2 is 2.00 bits per heavy atom. The molecule has 1 aromatic carbocycles. The SMILES string of the molecule is COc1cc(OC)cc(C2(C)CC(Nc3n[nH]cc3Br)C(=O)O2)c1. The van der Waals surface area contributed by atoms with Crippen molar-refractivity contribution in [2.75, 3.05) is 19.5 Å². The highest BCUT2D eigenvalue weighted by Gasteiger charge is 2.45. The molecule has 1 aliphatic rings. The minimum absolute atomic E-state index is 0.325. The molecule has 0 bridgehead atoms. The van der Waals surface area contributed by atoms with E-state index in [1.54, 1.807) is 26.5 Å². The number of esters is 1. The lowest BCUT2D eigenvalue weighted by molar-refractivity contribution is -0.148. The lowest BCUT2D eigenvalue weighted by Gasteiger charge is -2.24. The summed E-state index contributed by atoms with van der Waals surface area (Å²) in [6.07, 6.45) is 2.15. The van der Waals surface area contributed by atoms with E-state index in [1.165, 1.54) is 0 Å². The highest BCUT2D eigenvalue weighted by molar-refractivity contribution is 9.10. The number of H-pyrrole nitrogens is 1. The summed E-state index contributed by atoms with van der Waals surface area (Å²) in [6.45, 7) is 1.88. The van der Waals surface area contributed by atoms with Gasteiger partial charge in [0.15, 0.2) is 5.82 Å². The first-order valence-corrected chi connectivity index (χ1v) is 8.16. The van der Waals surface area contributed by atoms with Gasteiger partial charge in [0.1, 0.15) is 23.1 Å². The average Bonchev–Trinajstić information content (AvgIpc) is 3.11. The lowest BCUT2D eigenvalue weighted by Crippen LogP contribution is -2.25. The van der Waals surface area contributed by atoms with Gasteiger partial charge in [-0.3, -0.25) is 5.10 Å². The molecule has 2 heterocycles. The van der Waals surface area contributed by atoms with Crippen LogP contribution in [0.5, 0.6) is 11.5 Å². The topological polar surface area (TPSA) is 85.5 Å². The highest BCUT2D eigenvalue weighted by Crippen LogP contribution is 2.40. The first-order valence-electron chi connectivity index (χ1n) is 7.37. The van der Waals surface area contributed by atoms with Crippen LogP contribution in [0.15, 0.2) is 28.9 Å². The summed E-state index contributed by atoms with van der Waals surface area (Å²) >= 11 is 3.36. The highest BCUT2D eigenvalue weighted by atomic mass is 79.9. The van der Waals surface area contributed by atoms with E-state index in [1.807, 2.05) is 19.1 Å². The number of nitrogens with zero attached hydrogens (tertiary/aromatic N) is 1. The molecular formula is C16H18BrN3O4. The van der Waals surface area contributed by atoms with Gasteiger partial charge in [-0.2, -0.15) is 5.10 Å². The van der Waals surface area contributed by atoms with Crippen LogP contribution in [-0.2, 0) is 15.1 Å². The number of ether oxygens (including phenoxy) is 3. The number of hydrogen-bond donors (Lipinski definition) is 2. The molecule has 1 saturated heterocycles. The van der Waals surface area contributed by atoms with E-state index >= 15 is 0 Å². The molecule has 2 N–H and O–H groups in total. The maximum atomic E-state index is 12.3. The van der Waals surface area contributed by atoms with Crippen molar-refractivity contribution >= 4 is 27.7 Å². The number of benzene rings is 1. The van der Waals surface area contributed by atoms with E-state index < -0.39 is 11.6 Å². The van der Waals surface area contributed by atoms with E-state index in [9.17, 15) is 4.79 Å². The van der Waals surface area contributed by atoms with Gasteiger partial charge in [-0.25, -0.2) is 4.79 Å². The van der Waals surface area contributed by atoms with Crippen LogP contribution in [0.25, 0.3) is 0 Å². The molecule has 8 heteroatoms. The predicted octanol–water partition coefficient (Wildman–Crippen LogP) is 2.83. The number of carbonyl (C=O) groups excluding carboxylic acids is 1. The summed E-state index contributed by atoms with van der Waals surface area (Å²) in [5.41, 5.74) is 0.0387. The molecule has 0 amide bonds. The number of methoxy groups -OCH3 is 2. The Morgan fingerprint density at radius 3 is 2.54 bits per heavy atom. The van der Waals surface area contributed by atoms with Gasteiger partial charge in [-0.1, -0.05) is 0 Å². The Morgan fingerprint density at radius 1 is 1.33 bits per heavy atom. The largest absolute Gasteiger partial charge is 0.497 e. The maximum Gasteiger partial charge on any atom is 0.329 e. The van der Waals surface area contributed by atoms with Gasteiger partial charge >= 0.3 is 5.97 Å². The Kier molecular flexibility index (Phi) is 4.40. The fourth-order valence-electron chi connectivity index (χ4n) is 2.75. The molecule has 1 aliphatic heterocycles. The first kappa shape index (κ1) is 16.6. The summed E-state index contributed by atoms with van der Waals surface area (Å²) in [6, 6.07) is 4.98. The van der Waals surface area contributed by atoms with E-state index in [-0.39, 0.29) is 5.97 Å². The molecular weight excluding hydrogens is 378 g/mol. The third-order valence-corrected chi connectivity index (χ3v) is 4.68. The molecule has 2 aromatic rings. The zero-order chi connectivity index (χ0) is 17.3. The van der Waals surface area contributed by atoms with Crippen LogP contribution in [0.4, 0.5) is 5.82 Å². The molecule has 1 aromatic heterocycles. The van der Waals surface area contributed by atoms with Gasteiger partial charge < -0.3 is 19.5 Å². The van der Waals surface area contributed by atoms with Crippen molar-refractivity contribution in [3.05, 3.63) is 34.4 Å². The van der Waals surface area contributed by atoms with Crippen molar-refractivity contribution < 1.29 is 19.0 Å². The van der Waals surface area contributed by atoms with E-state index in [0.29, 0.717) is 23.7 Å². The average molecular weight is 396 g/mol. The van der Waals surface area contributed by atoms with Gasteiger partial charge in [-0.05, 0) is 35.0 Å². The van der Waals surface area contributed by atoms with Crippen LogP contribution in [0, 0.1) is 0 Å². The van der Waals surface area contributed by atoms with Gasteiger partial charge in [0.2, 0.25) is 0 Å². The number of cyclic esters (lactones) is 1. The standard InChI is InChI=1S/C16H18BrN3O4/c1-16(9-4-10(22-2)6-11(5-9)23-3)7-13(15(21)24-16)19-14-12(17)8-18-20-14/h4-6,8,13H,7H2,1-3H3,(H2,18,19,20). The van der Waals surface area contributed by atoms with Crippen molar-refractivity contribution in [3.8, 4) is 11.5 Å². The second kappa shape index (κ2) is 6.35. The normalized spacial score (nSPS) is 23.0. The van der Waals surface area contributed by atoms with Crippen molar-refractivity contribution in [2.24, 2.45) is 0 Å². The number of aromatic nitrogens is 2. The second-order valence-electron chi connectivity index (χ2n) is 5.74. The number of hydrogen-bond acceptors (Lipinski definition) is 6. The zero-order valence-corrected chi connectivity index (χ0v) is 15.1. The number of nitrogens with one attached hydrogen (secondary N) is 2. The van der Waals surface area contributed by atoms with Gasteiger partial charge in [0, 0.05) is 24.2 Å². The van der Waals surface area contributed by atoms with Crippen LogP contribution in [0.1, 0.15) is 18.9 Å². The van der Waals surface area contributed by atoms with E-state index in [4.69, 9.17) is 14.2 Å². The fourth-order valence-corrected chi connectivity index (χ4v) is 3.05. The Bertz CT molecular complexity index is 741. The molecule has 1 fully saturated rings. The first-order chi connectivity index (χ1) is 11.4. The molecule has 3 rings (SSSR count). The molecule has 0 aliphatic carbocycles.